The molecule has 0 spiro atoms. The van der Waals surface area contributed by atoms with Gasteiger partial charge in [-0.1, -0.05) is 35.6 Å². The molecule has 4 rings (SSSR count). The molecule has 34 heavy (non-hydrogen) atoms. The van der Waals surface area contributed by atoms with Crippen LogP contribution in [0, 0.1) is 0 Å². The number of carbonyl (C=O) groups excluding carboxylic acids is 1. The Balaban J connectivity index is 1.90. The molecule has 2 heterocycles. The third kappa shape index (κ3) is 4.68. The van der Waals surface area contributed by atoms with Gasteiger partial charge in [0.2, 0.25) is 0 Å². The van der Waals surface area contributed by atoms with E-state index >= 15 is 0 Å². The molecule has 2 aromatic carbocycles. The number of carbonyl (C=O) groups is 1. The lowest BCUT2D eigenvalue weighted by Gasteiger charge is -2.25. The van der Waals surface area contributed by atoms with E-state index in [2.05, 4.69) is 4.99 Å². The van der Waals surface area contributed by atoms with Gasteiger partial charge >= 0.3 is 5.97 Å². The van der Waals surface area contributed by atoms with E-state index in [1.165, 1.54) is 15.9 Å². The minimum atomic E-state index is -0.685. The van der Waals surface area contributed by atoms with E-state index in [1.807, 2.05) is 38.1 Å². The molecule has 0 saturated heterocycles. The first-order valence-corrected chi connectivity index (χ1v) is 11.9. The summed E-state index contributed by atoms with van der Waals surface area (Å²) in [6.07, 6.45) is 1.74. The molecule has 1 N–H and O–H groups in total. The molecule has 0 unspecified atom stereocenters. The number of fused-ring (bicyclic) bond motifs is 1. The number of nitrogens with zero attached hydrogens (tertiary/aromatic N) is 2. The van der Waals surface area contributed by atoms with Gasteiger partial charge in [-0.3, -0.25) is 9.36 Å². The molecule has 8 heteroatoms. The molecule has 1 aliphatic heterocycles. The lowest BCUT2D eigenvalue weighted by atomic mass is 9.96. The maximum atomic E-state index is 13.6. The molecule has 176 valence electrons. The Morgan fingerprint density at radius 2 is 1.97 bits per heavy atom. The Hall–Kier alpha value is -3.65. The highest BCUT2D eigenvalue weighted by Gasteiger charge is 2.33. The first-order chi connectivity index (χ1) is 16.3. The van der Waals surface area contributed by atoms with Crippen molar-refractivity contribution in [3.8, 4) is 11.5 Å². The molecule has 0 bridgehead atoms. The number of aromatic nitrogens is 1. The minimum absolute atomic E-state index is 0.0261. The normalized spacial score (nSPS) is 15.8. The molecule has 1 aliphatic rings. The molecule has 0 fully saturated rings. The number of rotatable bonds is 6. The summed E-state index contributed by atoms with van der Waals surface area (Å²) < 4.78 is 13.1. The molecule has 7 nitrogen and oxygen atoms in total. The van der Waals surface area contributed by atoms with Gasteiger partial charge in [-0.25, -0.2) is 9.79 Å². The largest absolute Gasteiger partial charge is 0.508 e. The van der Waals surface area contributed by atoms with Crippen molar-refractivity contribution in [2.75, 3.05) is 6.61 Å². The molecule has 0 aliphatic carbocycles. The van der Waals surface area contributed by atoms with Gasteiger partial charge in [0.25, 0.3) is 5.56 Å². The molecule has 0 amide bonds. The summed E-state index contributed by atoms with van der Waals surface area (Å²) in [6, 6.07) is 13.3. The van der Waals surface area contributed by atoms with E-state index in [1.54, 1.807) is 44.2 Å². The molecular formula is C26H26N2O5S. The topological polar surface area (TPSA) is 90.1 Å². The number of phenols is 1. The van der Waals surface area contributed by atoms with E-state index in [0.717, 1.165) is 5.56 Å². The SMILES string of the molecule is CCOC(=O)C1=C(C)N=c2s/c(=C/c3cccc(O)c3)c(=O)n2[C@H]1c1ccc(OC(C)C)cc1. The number of allylic oxidation sites excluding steroid dienone is 1. The number of hydrogen-bond acceptors (Lipinski definition) is 7. The number of aromatic hydroxyl groups is 1. The van der Waals surface area contributed by atoms with Crippen LogP contribution in [0.4, 0.5) is 0 Å². The third-order valence-corrected chi connectivity index (χ3v) is 6.24. The number of hydrogen-bond donors (Lipinski definition) is 1. The van der Waals surface area contributed by atoms with Gasteiger partial charge in [0.05, 0.1) is 34.6 Å². The van der Waals surface area contributed by atoms with Crippen LogP contribution < -0.4 is 19.6 Å². The maximum Gasteiger partial charge on any atom is 0.338 e. The second-order valence-corrected chi connectivity index (χ2v) is 9.14. The highest BCUT2D eigenvalue weighted by molar-refractivity contribution is 7.07. The summed E-state index contributed by atoms with van der Waals surface area (Å²) in [4.78, 5) is 31.6. The molecule has 1 aromatic heterocycles. The maximum absolute atomic E-state index is 13.6. The van der Waals surface area contributed by atoms with Crippen LogP contribution in [0.3, 0.4) is 0 Å². The number of benzene rings is 2. The van der Waals surface area contributed by atoms with E-state index < -0.39 is 12.0 Å². The Morgan fingerprint density at radius 3 is 2.62 bits per heavy atom. The molecule has 3 aromatic rings. The van der Waals surface area contributed by atoms with Crippen molar-refractivity contribution in [1.29, 1.82) is 0 Å². The number of ether oxygens (including phenoxy) is 2. The Labute approximate surface area is 200 Å². The van der Waals surface area contributed by atoms with Gasteiger partial charge in [0.15, 0.2) is 4.80 Å². The van der Waals surface area contributed by atoms with Crippen LogP contribution in [-0.2, 0) is 9.53 Å². The fraction of sp³-hybridized carbons (Fsp3) is 0.269. The third-order valence-electron chi connectivity index (χ3n) is 5.25. The lowest BCUT2D eigenvalue weighted by Crippen LogP contribution is -2.39. The van der Waals surface area contributed by atoms with E-state index in [-0.39, 0.29) is 24.0 Å². The fourth-order valence-electron chi connectivity index (χ4n) is 3.87. The summed E-state index contributed by atoms with van der Waals surface area (Å²) in [7, 11) is 0. The fourth-order valence-corrected chi connectivity index (χ4v) is 4.92. The highest BCUT2D eigenvalue weighted by atomic mass is 32.1. The second kappa shape index (κ2) is 9.69. The molecule has 1 atom stereocenters. The van der Waals surface area contributed by atoms with Crippen LogP contribution in [0.25, 0.3) is 6.08 Å². The highest BCUT2D eigenvalue weighted by Crippen LogP contribution is 2.31. The van der Waals surface area contributed by atoms with E-state index in [0.29, 0.717) is 31.9 Å². The first kappa shape index (κ1) is 23.5. The van der Waals surface area contributed by atoms with Crippen LogP contribution in [-0.4, -0.2) is 28.4 Å². The zero-order valence-corrected chi connectivity index (χ0v) is 20.3. The van der Waals surface area contributed by atoms with Crippen LogP contribution >= 0.6 is 11.3 Å². The van der Waals surface area contributed by atoms with E-state index in [4.69, 9.17) is 9.47 Å². The number of phenolic OH excluding ortho intramolecular Hbond substituents is 1. The standard InChI is InChI=1S/C26H26N2O5S/c1-5-32-25(31)22-16(4)27-26-28(23(22)18-9-11-20(12-10-18)33-15(2)3)24(30)21(34-26)14-17-7-6-8-19(29)13-17/h6-15,23,29H,5H2,1-4H3/b21-14+/t23-/m0/s1. The Morgan fingerprint density at radius 1 is 1.24 bits per heavy atom. The molecule has 0 saturated carbocycles. The van der Waals surface area contributed by atoms with Crippen LogP contribution in [0.5, 0.6) is 11.5 Å². The van der Waals surface area contributed by atoms with Crippen molar-refractivity contribution in [3.63, 3.8) is 0 Å². The van der Waals surface area contributed by atoms with Crippen molar-refractivity contribution in [2.45, 2.75) is 39.8 Å². The number of esters is 1. The first-order valence-electron chi connectivity index (χ1n) is 11.0. The van der Waals surface area contributed by atoms with Crippen LogP contribution in [0.2, 0.25) is 0 Å². The Kier molecular flexibility index (Phi) is 6.70. The monoisotopic (exact) mass is 478 g/mol. The van der Waals surface area contributed by atoms with E-state index in [9.17, 15) is 14.7 Å². The number of thiazole rings is 1. The zero-order valence-electron chi connectivity index (χ0n) is 19.4. The predicted molar refractivity (Wildman–Crippen MR) is 131 cm³/mol. The van der Waals surface area contributed by atoms with Crippen molar-refractivity contribution < 1.29 is 19.4 Å². The van der Waals surface area contributed by atoms with Gasteiger partial charge in [-0.2, -0.15) is 0 Å². The quantitative estimate of drug-likeness (QED) is 0.549. The second-order valence-electron chi connectivity index (χ2n) is 8.13. The van der Waals surface area contributed by atoms with Crippen molar-refractivity contribution in [1.82, 2.24) is 4.57 Å². The Bertz CT molecular complexity index is 1430. The summed E-state index contributed by atoms with van der Waals surface area (Å²) >= 11 is 1.24. The van der Waals surface area contributed by atoms with Gasteiger partial charge in [0, 0.05) is 0 Å². The molecule has 0 radical (unpaired) electrons. The zero-order chi connectivity index (χ0) is 24.4. The lowest BCUT2D eigenvalue weighted by molar-refractivity contribution is -0.139. The van der Waals surface area contributed by atoms with Crippen molar-refractivity contribution in [3.05, 3.63) is 90.6 Å². The average molecular weight is 479 g/mol. The summed E-state index contributed by atoms with van der Waals surface area (Å²) in [5.74, 6) is 0.315. The molecular weight excluding hydrogens is 452 g/mol. The van der Waals surface area contributed by atoms with Gasteiger partial charge in [-0.05, 0) is 69.2 Å². The minimum Gasteiger partial charge on any atom is -0.508 e. The van der Waals surface area contributed by atoms with Gasteiger partial charge in [0.1, 0.15) is 11.5 Å². The van der Waals surface area contributed by atoms with Crippen molar-refractivity contribution in [2.24, 2.45) is 4.99 Å². The summed E-state index contributed by atoms with van der Waals surface area (Å²) in [6.45, 7) is 7.60. The van der Waals surface area contributed by atoms with Crippen LogP contribution in [0.15, 0.2) is 69.6 Å². The smallest absolute Gasteiger partial charge is 0.338 e. The van der Waals surface area contributed by atoms with Gasteiger partial charge < -0.3 is 14.6 Å². The van der Waals surface area contributed by atoms with Gasteiger partial charge in [-0.15, -0.1) is 0 Å². The average Bonchev–Trinajstić information content (AvgIpc) is 3.07. The summed E-state index contributed by atoms with van der Waals surface area (Å²) in [5, 5.41) is 9.78. The summed E-state index contributed by atoms with van der Waals surface area (Å²) in [5.41, 5.74) is 2.01. The van der Waals surface area contributed by atoms with Crippen LogP contribution in [0.1, 0.15) is 44.9 Å². The predicted octanol–water partition coefficient (Wildman–Crippen LogP) is 3.29. The van der Waals surface area contributed by atoms with Crippen molar-refractivity contribution >= 4 is 23.4 Å².